The molecule has 0 aliphatic carbocycles. The minimum atomic E-state index is -0.594. The topological polar surface area (TPSA) is 69.6 Å². The summed E-state index contributed by atoms with van der Waals surface area (Å²) in [5.41, 5.74) is 1.87. The summed E-state index contributed by atoms with van der Waals surface area (Å²) in [6.45, 7) is 7.72. The number of hydrogen-bond acceptors (Lipinski definition) is 3. The highest BCUT2D eigenvalue weighted by Gasteiger charge is 2.31. The van der Waals surface area contributed by atoms with Crippen LogP contribution in [0.4, 0.5) is 0 Å². The molecule has 0 aromatic heterocycles. The predicted octanol–water partition coefficient (Wildman–Crippen LogP) is 1.25. The van der Waals surface area contributed by atoms with E-state index in [1.807, 2.05) is 26.0 Å². The summed E-state index contributed by atoms with van der Waals surface area (Å²) in [6, 6.07) is 7.16. The van der Waals surface area contributed by atoms with Crippen molar-refractivity contribution in [2.45, 2.75) is 20.0 Å². The molecule has 0 saturated carbocycles. The summed E-state index contributed by atoms with van der Waals surface area (Å²) in [6.07, 6.45) is -0.594. The number of benzene rings is 1. The van der Waals surface area contributed by atoms with Gasteiger partial charge in [0.1, 0.15) is 6.54 Å². The number of rotatable bonds is 5. The first kappa shape index (κ1) is 15.3. The van der Waals surface area contributed by atoms with E-state index >= 15 is 0 Å². The summed E-state index contributed by atoms with van der Waals surface area (Å²) in [7, 11) is 0. The predicted molar refractivity (Wildman–Crippen MR) is 80.4 cm³/mol. The molecule has 21 heavy (non-hydrogen) atoms. The quantitative estimate of drug-likeness (QED) is 0.856. The minimum Gasteiger partial charge on any atom is -0.391 e. The Morgan fingerprint density at radius 1 is 1.33 bits per heavy atom. The second kappa shape index (κ2) is 6.10. The van der Waals surface area contributed by atoms with Gasteiger partial charge in [-0.1, -0.05) is 38.6 Å². The van der Waals surface area contributed by atoms with Gasteiger partial charge in [0.25, 0.3) is 5.91 Å². The Balaban J connectivity index is 1.97. The molecule has 5 heteroatoms. The Kier molecular flexibility index (Phi) is 4.43. The molecule has 1 aromatic rings. The van der Waals surface area contributed by atoms with E-state index in [4.69, 9.17) is 0 Å². The van der Waals surface area contributed by atoms with E-state index in [0.29, 0.717) is 11.3 Å². The number of carbonyl (C=O) groups excluding carboxylic acids is 2. The van der Waals surface area contributed by atoms with Gasteiger partial charge in [0.05, 0.1) is 6.10 Å². The highest BCUT2D eigenvalue weighted by Crippen LogP contribution is 2.30. The van der Waals surface area contributed by atoms with Crippen molar-refractivity contribution < 1.29 is 14.7 Å². The van der Waals surface area contributed by atoms with E-state index in [9.17, 15) is 14.7 Å². The first-order valence-electron chi connectivity index (χ1n) is 6.96. The highest BCUT2D eigenvalue weighted by atomic mass is 16.3. The summed E-state index contributed by atoms with van der Waals surface area (Å²) in [4.78, 5) is 25.5. The SMILES string of the molecule is C=C1c2ccccc2C(=O)N1CC(=O)NCC(O)C(C)C. The molecule has 2 rings (SSSR count). The Morgan fingerprint density at radius 2 is 1.95 bits per heavy atom. The zero-order chi connectivity index (χ0) is 15.6. The Hall–Kier alpha value is -2.14. The molecule has 1 aromatic carbocycles. The number of nitrogens with one attached hydrogen (secondary N) is 1. The zero-order valence-electron chi connectivity index (χ0n) is 12.3. The lowest BCUT2D eigenvalue weighted by atomic mass is 10.1. The molecule has 1 aliphatic rings. The largest absolute Gasteiger partial charge is 0.391 e. The Bertz CT molecular complexity index is 546. The number of carbonyl (C=O) groups is 2. The smallest absolute Gasteiger partial charge is 0.259 e. The average Bonchev–Trinajstić information content (AvgIpc) is 2.70. The van der Waals surface area contributed by atoms with Gasteiger partial charge in [-0.2, -0.15) is 0 Å². The second-order valence-electron chi connectivity index (χ2n) is 5.50. The Labute approximate surface area is 124 Å². The van der Waals surface area contributed by atoms with E-state index in [2.05, 4.69) is 11.9 Å². The van der Waals surface area contributed by atoms with Gasteiger partial charge in [-0.15, -0.1) is 0 Å². The molecule has 0 spiro atoms. The maximum atomic E-state index is 12.2. The standard InChI is InChI=1S/C16H20N2O3/c1-10(2)14(19)8-17-15(20)9-18-11(3)12-6-4-5-7-13(12)16(18)21/h4-7,10,14,19H,3,8-9H2,1-2H3,(H,17,20). The highest BCUT2D eigenvalue weighted by molar-refractivity contribution is 6.10. The van der Waals surface area contributed by atoms with Crippen molar-refractivity contribution in [2.24, 2.45) is 5.92 Å². The molecule has 0 bridgehead atoms. The van der Waals surface area contributed by atoms with E-state index in [-0.39, 0.29) is 30.8 Å². The lowest BCUT2D eigenvalue weighted by Gasteiger charge is -2.19. The monoisotopic (exact) mass is 288 g/mol. The maximum absolute atomic E-state index is 12.2. The number of aliphatic hydroxyl groups is 1. The Morgan fingerprint density at radius 3 is 2.52 bits per heavy atom. The van der Waals surface area contributed by atoms with Crippen molar-refractivity contribution >= 4 is 17.5 Å². The van der Waals surface area contributed by atoms with Crippen LogP contribution in [-0.2, 0) is 4.79 Å². The van der Waals surface area contributed by atoms with Gasteiger partial charge < -0.3 is 10.4 Å². The van der Waals surface area contributed by atoms with Crippen molar-refractivity contribution in [2.75, 3.05) is 13.1 Å². The summed E-state index contributed by atoms with van der Waals surface area (Å²) >= 11 is 0. The fourth-order valence-corrected chi connectivity index (χ4v) is 2.16. The van der Waals surface area contributed by atoms with Crippen LogP contribution in [0.1, 0.15) is 29.8 Å². The number of hydrogen-bond donors (Lipinski definition) is 2. The van der Waals surface area contributed by atoms with Crippen LogP contribution in [0, 0.1) is 5.92 Å². The number of aliphatic hydroxyl groups excluding tert-OH is 1. The molecule has 1 unspecified atom stereocenters. The molecule has 0 saturated heterocycles. The summed E-state index contributed by atoms with van der Waals surface area (Å²) in [5, 5.41) is 12.3. The normalized spacial score (nSPS) is 15.3. The molecule has 1 atom stereocenters. The van der Waals surface area contributed by atoms with Crippen LogP contribution in [-0.4, -0.2) is 41.0 Å². The van der Waals surface area contributed by atoms with E-state index in [0.717, 1.165) is 5.56 Å². The summed E-state index contributed by atoms with van der Waals surface area (Å²) < 4.78 is 0. The minimum absolute atomic E-state index is 0.0675. The van der Waals surface area contributed by atoms with Crippen LogP contribution in [0.3, 0.4) is 0 Å². The van der Waals surface area contributed by atoms with Gasteiger partial charge >= 0.3 is 0 Å². The van der Waals surface area contributed by atoms with Gasteiger partial charge in [0.15, 0.2) is 0 Å². The van der Waals surface area contributed by atoms with E-state index in [1.54, 1.807) is 12.1 Å². The van der Waals surface area contributed by atoms with Crippen LogP contribution in [0.5, 0.6) is 0 Å². The molecule has 0 fully saturated rings. The fourth-order valence-electron chi connectivity index (χ4n) is 2.16. The van der Waals surface area contributed by atoms with Gasteiger partial charge in [0.2, 0.25) is 5.91 Å². The number of nitrogens with zero attached hydrogens (tertiary/aromatic N) is 1. The van der Waals surface area contributed by atoms with Gasteiger partial charge in [0, 0.05) is 23.4 Å². The van der Waals surface area contributed by atoms with Crippen molar-refractivity contribution in [3.05, 3.63) is 42.0 Å². The fraction of sp³-hybridized carbons (Fsp3) is 0.375. The second-order valence-corrected chi connectivity index (χ2v) is 5.50. The lowest BCUT2D eigenvalue weighted by Crippen LogP contribution is -2.41. The van der Waals surface area contributed by atoms with Crippen LogP contribution in [0.15, 0.2) is 30.8 Å². The van der Waals surface area contributed by atoms with E-state index in [1.165, 1.54) is 4.90 Å². The van der Waals surface area contributed by atoms with Crippen molar-refractivity contribution in [1.29, 1.82) is 0 Å². The van der Waals surface area contributed by atoms with Crippen molar-refractivity contribution in [3.63, 3.8) is 0 Å². The molecule has 2 amide bonds. The van der Waals surface area contributed by atoms with E-state index < -0.39 is 6.10 Å². The third-order valence-electron chi connectivity index (χ3n) is 3.62. The molecular weight excluding hydrogens is 268 g/mol. The first-order valence-corrected chi connectivity index (χ1v) is 6.96. The van der Waals surface area contributed by atoms with Crippen molar-refractivity contribution in [1.82, 2.24) is 10.2 Å². The lowest BCUT2D eigenvalue weighted by molar-refractivity contribution is -0.121. The first-order chi connectivity index (χ1) is 9.91. The molecule has 0 radical (unpaired) electrons. The van der Waals surface area contributed by atoms with Crippen LogP contribution < -0.4 is 5.32 Å². The molecule has 1 heterocycles. The summed E-state index contributed by atoms with van der Waals surface area (Å²) in [5.74, 6) is -0.454. The molecule has 112 valence electrons. The number of amides is 2. The molecule has 5 nitrogen and oxygen atoms in total. The molecule has 1 aliphatic heterocycles. The van der Waals surface area contributed by atoms with Crippen LogP contribution in [0.25, 0.3) is 5.70 Å². The van der Waals surface area contributed by atoms with Gasteiger partial charge in [-0.05, 0) is 12.0 Å². The molecular formula is C16H20N2O3. The van der Waals surface area contributed by atoms with Gasteiger partial charge in [-0.3, -0.25) is 14.5 Å². The van der Waals surface area contributed by atoms with Crippen LogP contribution in [0.2, 0.25) is 0 Å². The average molecular weight is 288 g/mol. The third-order valence-corrected chi connectivity index (χ3v) is 3.62. The molecule has 2 N–H and O–H groups in total. The van der Waals surface area contributed by atoms with Crippen molar-refractivity contribution in [3.8, 4) is 0 Å². The maximum Gasteiger partial charge on any atom is 0.259 e. The van der Waals surface area contributed by atoms with Crippen LogP contribution >= 0.6 is 0 Å². The van der Waals surface area contributed by atoms with Gasteiger partial charge in [-0.25, -0.2) is 0 Å². The third kappa shape index (κ3) is 3.13. The zero-order valence-corrected chi connectivity index (χ0v) is 12.3. The number of fused-ring (bicyclic) bond motifs is 1.